The summed E-state index contributed by atoms with van der Waals surface area (Å²) < 4.78 is 33.8. The van der Waals surface area contributed by atoms with Crippen LogP contribution in [0, 0.1) is 0 Å². The van der Waals surface area contributed by atoms with Crippen molar-refractivity contribution in [1.82, 2.24) is 0 Å². The van der Waals surface area contributed by atoms with Gasteiger partial charge in [0.05, 0.1) is 11.4 Å². The molecule has 1 N–H and O–H groups in total. The summed E-state index contributed by atoms with van der Waals surface area (Å²) in [6.45, 7) is 4.21. The molecule has 122 valence electrons. The summed E-state index contributed by atoms with van der Waals surface area (Å²) in [4.78, 5) is 0. The molecule has 0 aliphatic heterocycles. The Bertz CT molecular complexity index is 320. The molecule has 2 atom stereocenters. The number of rotatable bonds is 13. The average Bonchev–Trinajstić information content (AvgIpc) is 2.37. The Morgan fingerprint density at radius 3 is 1.76 bits per heavy atom. The summed E-state index contributed by atoms with van der Waals surface area (Å²) >= 11 is 0. The zero-order chi connectivity index (χ0) is 15.4. The van der Waals surface area contributed by atoms with E-state index >= 15 is 0 Å². The molecule has 0 saturated heterocycles. The molecule has 0 saturated carbocycles. The first-order valence-corrected chi connectivity index (χ1v) is 9.53. The van der Waals surface area contributed by atoms with Crippen LogP contribution in [0.5, 0.6) is 0 Å². The van der Waals surface area contributed by atoms with Crippen LogP contribution in [-0.2, 0) is 10.1 Å². The van der Waals surface area contributed by atoms with Gasteiger partial charge in [-0.05, 0) is 12.8 Å². The van der Waals surface area contributed by atoms with Crippen molar-refractivity contribution >= 4 is 10.1 Å². The summed E-state index contributed by atoms with van der Waals surface area (Å²) in [5.41, 5.74) is 0. The van der Waals surface area contributed by atoms with Crippen LogP contribution in [0.1, 0.15) is 84.5 Å². The van der Waals surface area contributed by atoms with Gasteiger partial charge < -0.3 is 9.66 Å². The quantitative estimate of drug-likeness (QED) is 0.305. The third-order valence-corrected chi connectivity index (χ3v) is 5.04. The van der Waals surface area contributed by atoms with Crippen molar-refractivity contribution < 1.29 is 47.6 Å². The Morgan fingerprint density at radius 1 is 0.857 bits per heavy atom. The first-order valence-electron chi connectivity index (χ1n) is 8.06. The topological polar surface area (TPSA) is 77.4 Å². The van der Waals surface area contributed by atoms with Gasteiger partial charge in [-0.25, -0.2) is 8.42 Å². The van der Waals surface area contributed by atoms with Gasteiger partial charge in [0.1, 0.15) is 10.1 Å². The van der Waals surface area contributed by atoms with Gasteiger partial charge in [-0.2, -0.15) is 0 Å². The monoisotopic (exact) mass is 330 g/mol. The molecule has 4 nitrogen and oxygen atoms in total. The Morgan fingerprint density at radius 2 is 1.29 bits per heavy atom. The Kier molecular flexibility index (Phi) is 16.6. The molecule has 0 spiro atoms. The molecule has 0 aromatic heterocycles. The van der Waals surface area contributed by atoms with Crippen LogP contribution < -0.4 is 29.6 Å². The van der Waals surface area contributed by atoms with E-state index in [4.69, 9.17) is 0 Å². The minimum Gasteiger partial charge on any atom is -0.748 e. The van der Waals surface area contributed by atoms with Gasteiger partial charge in [-0.15, -0.1) is 0 Å². The predicted molar refractivity (Wildman–Crippen MR) is 81.6 cm³/mol. The standard InChI is InChI=1S/C15H32O4S.Na/c1-3-5-7-9-11-13-15(20(17,18)19)14(16)12-10-8-6-4-2;/h14-16H,3-13H2,1-2H3,(H,17,18,19);/q;+1/p-1. The van der Waals surface area contributed by atoms with E-state index in [0.29, 0.717) is 19.3 Å². The summed E-state index contributed by atoms with van der Waals surface area (Å²) in [6, 6.07) is 0. The molecule has 0 rings (SSSR count). The molecule has 0 aliphatic rings. The van der Waals surface area contributed by atoms with Crippen molar-refractivity contribution in [3.63, 3.8) is 0 Å². The van der Waals surface area contributed by atoms with E-state index in [0.717, 1.165) is 51.4 Å². The number of hydrogen-bond donors (Lipinski definition) is 1. The Hall–Kier alpha value is 0.870. The van der Waals surface area contributed by atoms with Gasteiger partial charge in [0.25, 0.3) is 0 Å². The normalized spacial score (nSPS) is 14.5. The second kappa shape index (κ2) is 14.5. The van der Waals surface area contributed by atoms with Crippen LogP contribution >= 0.6 is 0 Å². The van der Waals surface area contributed by atoms with Gasteiger partial charge in [0.15, 0.2) is 0 Å². The molecule has 0 fully saturated rings. The summed E-state index contributed by atoms with van der Waals surface area (Å²) in [5.74, 6) is 0. The van der Waals surface area contributed by atoms with E-state index in [9.17, 15) is 18.1 Å². The van der Waals surface area contributed by atoms with Crippen molar-refractivity contribution in [3.05, 3.63) is 0 Å². The average molecular weight is 330 g/mol. The molecule has 21 heavy (non-hydrogen) atoms. The largest absolute Gasteiger partial charge is 1.00 e. The van der Waals surface area contributed by atoms with E-state index in [1.165, 1.54) is 0 Å². The van der Waals surface area contributed by atoms with Crippen molar-refractivity contribution in [2.75, 3.05) is 0 Å². The summed E-state index contributed by atoms with van der Waals surface area (Å²) in [6.07, 6.45) is 8.63. The van der Waals surface area contributed by atoms with Crippen LogP contribution in [0.2, 0.25) is 0 Å². The van der Waals surface area contributed by atoms with Crippen molar-refractivity contribution in [1.29, 1.82) is 0 Å². The van der Waals surface area contributed by atoms with Gasteiger partial charge >= 0.3 is 29.6 Å². The third kappa shape index (κ3) is 13.0. The predicted octanol–water partition coefficient (Wildman–Crippen LogP) is 0.596. The second-order valence-corrected chi connectivity index (χ2v) is 7.24. The van der Waals surface area contributed by atoms with Crippen LogP contribution in [0.4, 0.5) is 0 Å². The maximum Gasteiger partial charge on any atom is 1.00 e. The molecule has 6 heteroatoms. The minimum absolute atomic E-state index is 0. The summed E-state index contributed by atoms with van der Waals surface area (Å²) in [5, 5.41) is 8.85. The van der Waals surface area contributed by atoms with Gasteiger partial charge in [-0.1, -0.05) is 71.6 Å². The van der Waals surface area contributed by atoms with Crippen LogP contribution in [0.15, 0.2) is 0 Å². The Labute approximate surface area is 153 Å². The molecule has 0 radical (unpaired) electrons. The van der Waals surface area contributed by atoms with Crippen molar-refractivity contribution in [2.45, 2.75) is 95.8 Å². The van der Waals surface area contributed by atoms with Crippen molar-refractivity contribution in [3.8, 4) is 0 Å². The van der Waals surface area contributed by atoms with E-state index in [2.05, 4.69) is 13.8 Å². The van der Waals surface area contributed by atoms with Crippen LogP contribution in [0.3, 0.4) is 0 Å². The number of hydrogen-bond acceptors (Lipinski definition) is 4. The summed E-state index contributed by atoms with van der Waals surface area (Å²) in [7, 11) is -4.40. The molecular formula is C15H31NaO4S. The smallest absolute Gasteiger partial charge is 0.748 e. The van der Waals surface area contributed by atoms with Crippen LogP contribution in [0.25, 0.3) is 0 Å². The van der Waals surface area contributed by atoms with Crippen LogP contribution in [-0.4, -0.2) is 29.4 Å². The fourth-order valence-electron chi connectivity index (χ4n) is 2.44. The molecule has 0 aromatic carbocycles. The van der Waals surface area contributed by atoms with E-state index in [-0.39, 0.29) is 29.6 Å². The van der Waals surface area contributed by atoms with E-state index < -0.39 is 21.5 Å². The SMILES string of the molecule is CCCCCCCC(C(O)CCCCCC)S(=O)(=O)[O-].[Na+]. The zero-order valence-electron chi connectivity index (χ0n) is 14.0. The maximum absolute atomic E-state index is 11.3. The number of aliphatic hydroxyl groups is 1. The molecule has 0 amide bonds. The third-order valence-electron chi connectivity index (χ3n) is 3.75. The first-order chi connectivity index (χ1) is 9.43. The van der Waals surface area contributed by atoms with E-state index in [1.807, 2.05) is 0 Å². The van der Waals surface area contributed by atoms with Gasteiger partial charge in [-0.3, -0.25) is 0 Å². The number of unbranched alkanes of at least 4 members (excludes halogenated alkanes) is 7. The first kappa shape index (κ1) is 24.1. The fraction of sp³-hybridized carbons (Fsp3) is 1.00. The molecule has 2 unspecified atom stereocenters. The van der Waals surface area contributed by atoms with Gasteiger partial charge in [0.2, 0.25) is 0 Å². The molecule has 0 heterocycles. The Balaban J connectivity index is 0. The number of aliphatic hydroxyl groups excluding tert-OH is 1. The molecule has 0 bridgehead atoms. The fourth-order valence-corrected chi connectivity index (χ4v) is 3.42. The maximum atomic E-state index is 11.3. The van der Waals surface area contributed by atoms with Crippen molar-refractivity contribution in [2.24, 2.45) is 0 Å². The molecule has 0 aliphatic carbocycles. The van der Waals surface area contributed by atoms with Gasteiger partial charge in [0, 0.05) is 0 Å². The van der Waals surface area contributed by atoms with E-state index in [1.54, 1.807) is 0 Å². The zero-order valence-corrected chi connectivity index (χ0v) is 16.8. The molecule has 0 aromatic rings. The molecular weight excluding hydrogens is 299 g/mol. The minimum atomic E-state index is -4.40. The second-order valence-electron chi connectivity index (χ2n) is 5.65.